The van der Waals surface area contributed by atoms with E-state index in [0.29, 0.717) is 5.92 Å². The molecule has 1 fully saturated rings. The Morgan fingerprint density at radius 1 is 1.45 bits per heavy atom. The zero-order chi connectivity index (χ0) is 14.1. The van der Waals surface area contributed by atoms with Gasteiger partial charge in [0, 0.05) is 11.2 Å². The van der Waals surface area contributed by atoms with Gasteiger partial charge in [-0.2, -0.15) is 0 Å². The average molecular weight is 289 g/mol. The molecule has 0 aliphatic carbocycles. The van der Waals surface area contributed by atoms with Gasteiger partial charge in [-0.3, -0.25) is 9.69 Å². The summed E-state index contributed by atoms with van der Waals surface area (Å²) in [5, 5.41) is 12.9. The van der Waals surface area contributed by atoms with E-state index >= 15 is 0 Å². The van der Waals surface area contributed by atoms with Crippen LogP contribution >= 0.6 is 11.3 Å². The lowest BCUT2D eigenvalue weighted by Crippen LogP contribution is -2.46. The van der Waals surface area contributed by atoms with Gasteiger partial charge in [0.05, 0.1) is 0 Å². The minimum atomic E-state index is -0.684. The lowest BCUT2D eigenvalue weighted by molar-refractivity contribution is -0.145. The van der Waals surface area contributed by atoms with Crippen molar-refractivity contribution in [2.75, 3.05) is 6.54 Å². The number of hydrogen-bond acceptors (Lipinski definition) is 3. The Morgan fingerprint density at radius 2 is 2.25 bits per heavy atom. The first-order valence-corrected chi connectivity index (χ1v) is 7.95. The molecule has 0 radical (unpaired) electrons. The average Bonchev–Trinajstić information content (AvgIpc) is 2.84. The van der Waals surface area contributed by atoms with Crippen molar-refractivity contribution in [3.8, 4) is 0 Å². The van der Waals surface area contributed by atoms with Crippen LogP contribution in [0.3, 0.4) is 0 Å². The minimum Gasteiger partial charge on any atom is -0.480 e. The van der Waals surface area contributed by atoms with Crippen LogP contribution in [0.2, 0.25) is 0 Å². The van der Waals surface area contributed by atoms with Crippen molar-refractivity contribution in [3.05, 3.63) is 35.2 Å². The molecule has 2 aromatic rings. The number of benzene rings is 1. The fraction of sp³-hybridized carbons (Fsp3) is 0.438. The van der Waals surface area contributed by atoms with Gasteiger partial charge in [0.15, 0.2) is 0 Å². The third-order valence-corrected chi connectivity index (χ3v) is 5.21. The summed E-state index contributed by atoms with van der Waals surface area (Å²) in [7, 11) is 0. The van der Waals surface area contributed by atoms with Crippen molar-refractivity contribution in [3.63, 3.8) is 0 Å². The van der Waals surface area contributed by atoms with Crippen molar-refractivity contribution < 1.29 is 9.90 Å². The van der Waals surface area contributed by atoms with Crippen LogP contribution in [-0.2, 0) is 11.3 Å². The van der Waals surface area contributed by atoms with Gasteiger partial charge < -0.3 is 5.11 Å². The minimum absolute atomic E-state index is 0.336. The quantitative estimate of drug-likeness (QED) is 0.938. The summed E-state index contributed by atoms with van der Waals surface area (Å²) in [6.07, 6.45) is 1.85. The number of carbonyl (C=O) groups is 1. The number of rotatable bonds is 3. The van der Waals surface area contributed by atoms with Crippen LogP contribution in [0.1, 0.15) is 25.3 Å². The Bertz CT molecular complexity index is 622. The van der Waals surface area contributed by atoms with E-state index in [-0.39, 0.29) is 6.04 Å². The number of carboxylic acid groups (broad SMARTS) is 1. The van der Waals surface area contributed by atoms with Crippen molar-refractivity contribution in [1.29, 1.82) is 0 Å². The lowest BCUT2D eigenvalue weighted by Gasteiger charge is -2.35. The SMILES string of the molecule is CC1CCN(Cc2csc3ccccc23)C(C(=O)O)C1. The van der Waals surface area contributed by atoms with Crippen LogP contribution in [-0.4, -0.2) is 28.6 Å². The van der Waals surface area contributed by atoms with Crippen LogP contribution in [0.15, 0.2) is 29.6 Å². The van der Waals surface area contributed by atoms with Gasteiger partial charge in [-0.15, -0.1) is 11.3 Å². The molecule has 1 aliphatic rings. The van der Waals surface area contributed by atoms with E-state index in [1.54, 1.807) is 11.3 Å². The van der Waals surface area contributed by atoms with Crippen LogP contribution < -0.4 is 0 Å². The Morgan fingerprint density at radius 3 is 3.05 bits per heavy atom. The topological polar surface area (TPSA) is 40.5 Å². The van der Waals surface area contributed by atoms with E-state index < -0.39 is 5.97 Å². The van der Waals surface area contributed by atoms with Crippen LogP contribution in [0, 0.1) is 5.92 Å². The van der Waals surface area contributed by atoms with Crippen molar-refractivity contribution in [2.45, 2.75) is 32.4 Å². The molecular formula is C16H19NO2S. The third kappa shape index (κ3) is 2.58. The number of carboxylic acids is 1. The van der Waals surface area contributed by atoms with Gasteiger partial charge in [0.25, 0.3) is 0 Å². The van der Waals surface area contributed by atoms with Gasteiger partial charge in [-0.1, -0.05) is 25.1 Å². The molecule has 2 atom stereocenters. The van der Waals surface area contributed by atoms with E-state index in [1.165, 1.54) is 15.6 Å². The first kappa shape index (κ1) is 13.6. The Hall–Kier alpha value is -1.39. The molecule has 1 aromatic heterocycles. The van der Waals surface area contributed by atoms with Crippen LogP contribution in [0.5, 0.6) is 0 Å². The number of aliphatic carboxylic acids is 1. The summed E-state index contributed by atoms with van der Waals surface area (Å²) in [5.41, 5.74) is 1.26. The molecule has 106 valence electrons. The second-order valence-electron chi connectivity index (χ2n) is 5.71. The van der Waals surface area contributed by atoms with Crippen LogP contribution in [0.4, 0.5) is 0 Å². The summed E-state index contributed by atoms with van der Waals surface area (Å²) in [4.78, 5) is 13.6. The summed E-state index contributed by atoms with van der Waals surface area (Å²) in [6, 6.07) is 8.01. The van der Waals surface area contributed by atoms with Crippen molar-refractivity contribution in [1.82, 2.24) is 4.90 Å². The zero-order valence-electron chi connectivity index (χ0n) is 11.6. The Labute approximate surface area is 122 Å². The number of nitrogens with zero attached hydrogens (tertiary/aromatic N) is 1. The summed E-state index contributed by atoms with van der Waals surface area (Å²) >= 11 is 1.74. The zero-order valence-corrected chi connectivity index (χ0v) is 12.4. The maximum Gasteiger partial charge on any atom is 0.320 e. The molecular weight excluding hydrogens is 270 g/mol. The monoisotopic (exact) mass is 289 g/mol. The predicted octanol–water partition coefficient (Wildman–Crippen LogP) is 3.59. The largest absolute Gasteiger partial charge is 0.480 e. The molecule has 1 N–H and O–H groups in total. The normalized spacial score (nSPS) is 24.1. The van der Waals surface area contributed by atoms with E-state index in [2.05, 4.69) is 29.3 Å². The molecule has 2 heterocycles. The number of likely N-dealkylation sites (tertiary alicyclic amines) is 1. The van der Waals surface area contributed by atoms with E-state index in [1.807, 2.05) is 12.1 Å². The molecule has 20 heavy (non-hydrogen) atoms. The van der Waals surface area contributed by atoms with Gasteiger partial charge >= 0.3 is 5.97 Å². The number of hydrogen-bond donors (Lipinski definition) is 1. The highest BCUT2D eigenvalue weighted by Gasteiger charge is 2.31. The van der Waals surface area contributed by atoms with Gasteiger partial charge in [-0.25, -0.2) is 0 Å². The second kappa shape index (κ2) is 5.54. The summed E-state index contributed by atoms with van der Waals surface area (Å²) < 4.78 is 1.28. The third-order valence-electron chi connectivity index (χ3n) is 4.20. The second-order valence-corrected chi connectivity index (χ2v) is 6.62. The molecule has 3 nitrogen and oxygen atoms in total. The first-order chi connectivity index (χ1) is 9.65. The highest BCUT2D eigenvalue weighted by molar-refractivity contribution is 7.17. The number of piperidine rings is 1. The summed E-state index contributed by atoms with van der Waals surface area (Å²) in [6.45, 7) is 3.77. The van der Waals surface area contributed by atoms with Crippen molar-refractivity contribution >= 4 is 27.4 Å². The molecule has 4 heteroatoms. The highest BCUT2D eigenvalue weighted by Crippen LogP contribution is 2.30. The smallest absolute Gasteiger partial charge is 0.320 e. The fourth-order valence-corrected chi connectivity index (χ4v) is 3.96. The van der Waals surface area contributed by atoms with Gasteiger partial charge in [0.1, 0.15) is 6.04 Å². The van der Waals surface area contributed by atoms with Crippen molar-refractivity contribution in [2.24, 2.45) is 5.92 Å². The first-order valence-electron chi connectivity index (χ1n) is 7.07. The maximum absolute atomic E-state index is 11.5. The molecule has 0 spiro atoms. The Kier molecular flexibility index (Phi) is 3.76. The maximum atomic E-state index is 11.5. The van der Waals surface area contributed by atoms with Gasteiger partial charge in [-0.05, 0) is 47.7 Å². The predicted molar refractivity (Wildman–Crippen MR) is 82.1 cm³/mol. The number of thiophene rings is 1. The number of fused-ring (bicyclic) bond motifs is 1. The fourth-order valence-electron chi connectivity index (χ4n) is 3.01. The molecule has 3 rings (SSSR count). The van der Waals surface area contributed by atoms with Crippen LogP contribution in [0.25, 0.3) is 10.1 Å². The highest BCUT2D eigenvalue weighted by atomic mass is 32.1. The Balaban J connectivity index is 1.84. The lowest BCUT2D eigenvalue weighted by atomic mass is 9.92. The molecule has 1 saturated heterocycles. The standard InChI is InChI=1S/C16H19NO2S/c1-11-6-7-17(14(8-11)16(18)19)9-12-10-20-15-5-3-2-4-13(12)15/h2-5,10-11,14H,6-9H2,1H3,(H,18,19). The molecule has 0 saturated carbocycles. The van der Waals surface area contributed by atoms with E-state index in [9.17, 15) is 9.90 Å². The molecule has 1 aromatic carbocycles. The van der Waals surface area contributed by atoms with Gasteiger partial charge in [0.2, 0.25) is 0 Å². The molecule has 1 aliphatic heterocycles. The molecule has 2 unspecified atom stereocenters. The van der Waals surface area contributed by atoms with E-state index in [0.717, 1.165) is 25.9 Å². The molecule has 0 amide bonds. The van der Waals surface area contributed by atoms with E-state index in [4.69, 9.17) is 0 Å². The summed E-state index contributed by atoms with van der Waals surface area (Å²) in [5.74, 6) is -0.178. The molecule has 0 bridgehead atoms.